The number of ether oxygens (including phenoxy) is 3. The van der Waals surface area contributed by atoms with Gasteiger partial charge in [0.15, 0.2) is 0 Å². The lowest BCUT2D eigenvalue weighted by Crippen LogP contribution is -2.67. The maximum absolute atomic E-state index is 14.0. The van der Waals surface area contributed by atoms with Crippen LogP contribution in [0.5, 0.6) is 0 Å². The summed E-state index contributed by atoms with van der Waals surface area (Å²) in [6.07, 6.45) is 44.4. The standard InChI is InChI=1S/C63H110O6/c1-11-13-15-17-19-21-23-25-27-29-31-33-35-37-54(64)68-51-48-60(7)52(59(5,6)56(51)69-55(65)38-36-34-32-30-28-26-24-22-20-18-16-14-12-2)41-42-62(9)53(60)40-39-49-50-47-58(3,4)43-45-63(50,57(66)67-10)46-44-61(49,62)8/h39,50-53,56H,11-38,40-48H2,1-10H3/t50?,51-,52?,53?,56+,60+,61-,62-,63+/m1/s1. The lowest BCUT2D eigenvalue weighted by molar-refractivity contribution is -0.245. The zero-order valence-corrected chi connectivity index (χ0v) is 47.1. The summed E-state index contributed by atoms with van der Waals surface area (Å²) < 4.78 is 19.0. The molecule has 0 saturated heterocycles. The molecule has 0 aliphatic heterocycles. The summed E-state index contributed by atoms with van der Waals surface area (Å²) in [5.74, 6) is 0.655. The van der Waals surface area contributed by atoms with Crippen molar-refractivity contribution in [2.45, 2.75) is 312 Å². The van der Waals surface area contributed by atoms with E-state index < -0.39 is 17.6 Å². The van der Waals surface area contributed by atoms with Gasteiger partial charge in [0, 0.05) is 18.3 Å². The van der Waals surface area contributed by atoms with Crippen LogP contribution in [-0.4, -0.2) is 37.2 Å². The largest absolute Gasteiger partial charge is 0.469 e. The second-order valence-electron chi connectivity index (χ2n) is 26.3. The van der Waals surface area contributed by atoms with Gasteiger partial charge in [0.2, 0.25) is 0 Å². The fraction of sp³-hybridized carbons (Fsp3) is 0.921. The Morgan fingerprint density at radius 2 is 0.986 bits per heavy atom. The summed E-state index contributed by atoms with van der Waals surface area (Å²) in [6.45, 7) is 21.7. The highest BCUT2D eigenvalue weighted by molar-refractivity contribution is 5.78. The van der Waals surface area contributed by atoms with Gasteiger partial charge in [0.05, 0.1) is 12.5 Å². The number of carbonyl (C=O) groups is 3. The molecule has 4 saturated carbocycles. The van der Waals surface area contributed by atoms with Crippen LogP contribution in [-0.2, 0) is 28.6 Å². The van der Waals surface area contributed by atoms with Crippen molar-refractivity contribution in [3.05, 3.63) is 11.6 Å². The Kier molecular flexibility index (Phi) is 22.6. The first-order chi connectivity index (χ1) is 33.0. The van der Waals surface area contributed by atoms with E-state index in [1.54, 1.807) is 7.11 Å². The highest BCUT2D eigenvalue weighted by atomic mass is 16.6. The van der Waals surface area contributed by atoms with Crippen molar-refractivity contribution < 1.29 is 28.6 Å². The molecule has 0 radical (unpaired) electrons. The zero-order valence-electron chi connectivity index (χ0n) is 47.1. The third-order valence-electron chi connectivity index (χ3n) is 20.6. The van der Waals surface area contributed by atoms with Crippen LogP contribution in [0.3, 0.4) is 0 Å². The summed E-state index contributed by atoms with van der Waals surface area (Å²) >= 11 is 0. The van der Waals surface area contributed by atoms with Crippen LogP contribution in [0.2, 0.25) is 0 Å². The number of methoxy groups -OCH3 is 1. The maximum atomic E-state index is 14.0. The van der Waals surface area contributed by atoms with Gasteiger partial charge in [0.1, 0.15) is 12.2 Å². The molecule has 0 aromatic carbocycles. The van der Waals surface area contributed by atoms with Crippen molar-refractivity contribution in [1.29, 1.82) is 0 Å². The van der Waals surface area contributed by atoms with E-state index in [4.69, 9.17) is 14.2 Å². The Morgan fingerprint density at radius 3 is 1.46 bits per heavy atom. The Bertz CT molecular complexity index is 1610. The first-order valence-electron chi connectivity index (χ1n) is 30.1. The fourth-order valence-corrected chi connectivity index (χ4v) is 16.2. The molecule has 5 rings (SSSR count). The van der Waals surface area contributed by atoms with Gasteiger partial charge in [-0.05, 0) is 110 Å². The molecule has 4 fully saturated rings. The molecule has 0 amide bonds. The summed E-state index contributed by atoms with van der Waals surface area (Å²) in [4.78, 5) is 41.8. The van der Waals surface area contributed by atoms with Crippen LogP contribution < -0.4 is 0 Å². The quantitative estimate of drug-likeness (QED) is 0.0298. The number of fused-ring (bicyclic) bond motifs is 7. The van der Waals surface area contributed by atoms with Crippen molar-refractivity contribution in [2.24, 2.45) is 50.2 Å². The predicted molar refractivity (Wildman–Crippen MR) is 287 cm³/mol. The van der Waals surface area contributed by atoms with Gasteiger partial charge >= 0.3 is 17.9 Å². The summed E-state index contributed by atoms with van der Waals surface area (Å²) in [5.41, 5.74) is 0.768. The number of rotatable bonds is 31. The zero-order chi connectivity index (χ0) is 50.2. The average molecular weight is 964 g/mol. The monoisotopic (exact) mass is 963 g/mol. The molecule has 9 atom stereocenters. The fourth-order valence-electron chi connectivity index (χ4n) is 16.2. The van der Waals surface area contributed by atoms with Crippen molar-refractivity contribution in [3.8, 4) is 0 Å². The third-order valence-corrected chi connectivity index (χ3v) is 20.6. The van der Waals surface area contributed by atoms with Crippen LogP contribution in [0.15, 0.2) is 11.6 Å². The van der Waals surface area contributed by atoms with Crippen molar-refractivity contribution in [3.63, 3.8) is 0 Å². The smallest absolute Gasteiger partial charge is 0.312 e. The van der Waals surface area contributed by atoms with E-state index in [2.05, 4.69) is 68.4 Å². The minimum atomic E-state index is -0.468. The normalized spacial score (nSPS) is 32.1. The maximum Gasteiger partial charge on any atom is 0.312 e. The summed E-state index contributed by atoms with van der Waals surface area (Å²) in [6, 6.07) is 0. The van der Waals surface area contributed by atoms with Gasteiger partial charge in [-0.3, -0.25) is 14.4 Å². The molecule has 0 spiro atoms. The van der Waals surface area contributed by atoms with E-state index in [9.17, 15) is 14.4 Å². The molecule has 0 bridgehead atoms. The number of unbranched alkanes of at least 4 members (excludes halogenated alkanes) is 24. The molecule has 0 aromatic heterocycles. The third kappa shape index (κ3) is 14.3. The minimum absolute atomic E-state index is 0.000982. The van der Waals surface area contributed by atoms with E-state index >= 15 is 0 Å². The first-order valence-corrected chi connectivity index (χ1v) is 30.1. The molecule has 3 unspecified atom stereocenters. The second-order valence-corrected chi connectivity index (χ2v) is 26.3. The molecule has 0 heterocycles. The molecular formula is C63H110O6. The van der Waals surface area contributed by atoms with Crippen LogP contribution >= 0.6 is 0 Å². The van der Waals surface area contributed by atoms with E-state index in [1.807, 2.05) is 0 Å². The Balaban J connectivity index is 1.24. The molecule has 0 N–H and O–H groups in total. The topological polar surface area (TPSA) is 78.9 Å². The SMILES string of the molecule is CCCCCCCCCCCCCCCC(=O)O[C@@H]1C[C@@]2(C)C(CC[C@]3(C)C2CC=C2C4CC(C)(C)CC[C@]4(C(=O)OC)CC[C@]23C)C(C)(C)[C@H]1OC(=O)CCCCCCCCCCCCCCC. The predicted octanol–water partition coefficient (Wildman–Crippen LogP) is 18.4. The van der Waals surface area contributed by atoms with Crippen LogP contribution in [0.1, 0.15) is 300 Å². The average Bonchev–Trinajstić information content (AvgIpc) is 3.30. The minimum Gasteiger partial charge on any atom is -0.469 e. The van der Waals surface area contributed by atoms with Gasteiger partial charge in [-0.25, -0.2) is 0 Å². The first kappa shape index (κ1) is 58.0. The van der Waals surface area contributed by atoms with E-state index in [0.29, 0.717) is 24.7 Å². The molecule has 6 heteroatoms. The highest BCUT2D eigenvalue weighted by Gasteiger charge is 2.71. The molecule has 69 heavy (non-hydrogen) atoms. The van der Waals surface area contributed by atoms with Gasteiger partial charge in [-0.1, -0.05) is 228 Å². The number of esters is 3. The van der Waals surface area contributed by atoms with Gasteiger partial charge in [-0.2, -0.15) is 0 Å². The van der Waals surface area contributed by atoms with Gasteiger partial charge in [-0.15, -0.1) is 0 Å². The summed E-state index contributed by atoms with van der Waals surface area (Å²) in [7, 11) is 1.59. The van der Waals surface area contributed by atoms with Gasteiger partial charge < -0.3 is 14.2 Å². The molecule has 5 aliphatic carbocycles. The molecule has 5 aliphatic rings. The molecule has 6 nitrogen and oxygen atoms in total. The highest BCUT2D eigenvalue weighted by Crippen LogP contribution is 2.76. The van der Waals surface area contributed by atoms with Crippen LogP contribution in [0.4, 0.5) is 0 Å². The van der Waals surface area contributed by atoms with Crippen molar-refractivity contribution >= 4 is 17.9 Å². The van der Waals surface area contributed by atoms with Crippen molar-refractivity contribution in [1.82, 2.24) is 0 Å². The lowest BCUT2D eigenvalue weighted by Gasteiger charge is -2.71. The van der Waals surface area contributed by atoms with Crippen LogP contribution in [0.25, 0.3) is 0 Å². The van der Waals surface area contributed by atoms with E-state index in [-0.39, 0.29) is 50.9 Å². The Labute approximate surface area is 425 Å². The van der Waals surface area contributed by atoms with Crippen LogP contribution in [0, 0.1) is 50.2 Å². The van der Waals surface area contributed by atoms with E-state index in [1.165, 1.54) is 147 Å². The molecule has 398 valence electrons. The second kappa shape index (κ2) is 26.9. The molecular weight excluding hydrogens is 853 g/mol. The Hall–Kier alpha value is -1.85. The lowest BCUT2D eigenvalue weighted by atomic mass is 9.33. The number of carbonyl (C=O) groups excluding carboxylic acids is 3. The van der Waals surface area contributed by atoms with E-state index in [0.717, 1.165) is 83.5 Å². The number of allylic oxidation sites excluding steroid dienone is 2. The van der Waals surface area contributed by atoms with Crippen molar-refractivity contribution in [2.75, 3.05) is 7.11 Å². The Morgan fingerprint density at radius 1 is 0.536 bits per heavy atom. The molecule has 0 aromatic rings. The van der Waals surface area contributed by atoms with Gasteiger partial charge in [0.25, 0.3) is 0 Å². The number of hydrogen-bond donors (Lipinski definition) is 0. The number of hydrogen-bond acceptors (Lipinski definition) is 6. The summed E-state index contributed by atoms with van der Waals surface area (Å²) in [5, 5.41) is 0.